The number of hydrogen-bond acceptors (Lipinski definition) is 3. The number of rotatable bonds is 5. The van der Waals surface area contributed by atoms with Gasteiger partial charge in [-0.15, -0.1) is 0 Å². The van der Waals surface area contributed by atoms with Gasteiger partial charge in [0, 0.05) is 34.1 Å². The molecule has 8 aromatic carbocycles. The summed E-state index contributed by atoms with van der Waals surface area (Å²) in [4.78, 5) is 9.72. The summed E-state index contributed by atoms with van der Waals surface area (Å²) in [6, 6.07) is 66.8. The highest BCUT2D eigenvalue weighted by molar-refractivity contribution is 6.25. The van der Waals surface area contributed by atoms with Crippen LogP contribution in [-0.4, -0.2) is 14.5 Å². The van der Waals surface area contributed by atoms with Gasteiger partial charge in [-0.3, -0.25) is 9.55 Å². The lowest BCUT2D eigenvalue weighted by atomic mass is 9.83. The number of nitriles is 1. The summed E-state index contributed by atoms with van der Waals surface area (Å²) < 4.78 is 2.20. The zero-order chi connectivity index (χ0) is 37.9. The van der Waals surface area contributed by atoms with Crippen LogP contribution < -0.4 is 0 Å². The molecule has 0 aliphatic heterocycles. The van der Waals surface area contributed by atoms with E-state index in [2.05, 4.69) is 150 Å². The normalized spacial score (nSPS) is 11.5. The maximum Gasteiger partial charge on any atom is 0.137 e. The maximum atomic E-state index is 10.00. The second kappa shape index (κ2) is 13.2. The predicted molar refractivity (Wildman–Crippen MR) is 235 cm³/mol. The first-order chi connectivity index (χ1) is 28.2. The van der Waals surface area contributed by atoms with Crippen LogP contribution >= 0.6 is 0 Å². The zero-order valence-corrected chi connectivity index (χ0v) is 30.8. The molecule has 11 aromatic rings. The standard InChI is InChI=1S/C53H32N4/c54-33-34-19-25-48-44(29-34)45-32-40(22-26-49(45)57(48)50-18-7-8-27-55-50)51-41-23-20-39(36-13-5-2-6-14-36)31-47(41)52(43-17-9-15-37-16-10-28-56-53(37)43)42-24-21-38(30-46(42)51)35-11-3-1-4-12-35/h1-32H. The van der Waals surface area contributed by atoms with Crippen LogP contribution in [0.3, 0.4) is 0 Å². The number of hydrogen-bond donors (Lipinski definition) is 0. The molecule has 0 N–H and O–H groups in total. The Kier molecular flexibility index (Phi) is 7.52. The van der Waals surface area contributed by atoms with Crippen molar-refractivity contribution in [3.8, 4) is 56.4 Å². The van der Waals surface area contributed by atoms with Crippen LogP contribution in [0, 0.1) is 11.3 Å². The fourth-order valence-electron chi connectivity index (χ4n) is 8.74. The van der Waals surface area contributed by atoms with E-state index in [1.807, 2.05) is 54.9 Å². The molecule has 264 valence electrons. The van der Waals surface area contributed by atoms with E-state index in [0.29, 0.717) is 5.56 Å². The molecule has 0 bridgehead atoms. The molecule has 0 spiro atoms. The van der Waals surface area contributed by atoms with Gasteiger partial charge in [-0.25, -0.2) is 4.98 Å². The van der Waals surface area contributed by atoms with Crippen LogP contribution in [0.5, 0.6) is 0 Å². The van der Waals surface area contributed by atoms with Crippen molar-refractivity contribution in [3.63, 3.8) is 0 Å². The van der Waals surface area contributed by atoms with Crippen LogP contribution in [0.1, 0.15) is 5.56 Å². The Balaban J connectivity index is 1.29. The maximum absolute atomic E-state index is 10.00. The molecule has 4 heteroatoms. The molecule has 0 aliphatic carbocycles. The molecule has 57 heavy (non-hydrogen) atoms. The van der Waals surface area contributed by atoms with Gasteiger partial charge in [0.2, 0.25) is 0 Å². The van der Waals surface area contributed by atoms with Gasteiger partial charge in [0.05, 0.1) is 28.2 Å². The Morgan fingerprint density at radius 1 is 0.404 bits per heavy atom. The first-order valence-corrected chi connectivity index (χ1v) is 19.1. The van der Waals surface area contributed by atoms with Crippen LogP contribution in [0.4, 0.5) is 0 Å². The van der Waals surface area contributed by atoms with Crippen molar-refractivity contribution < 1.29 is 0 Å². The summed E-state index contributed by atoms with van der Waals surface area (Å²) in [6.45, 7) is 0. The van der Waals surface area contributed by atoms with E-state index in [0.717, 1.165) is 99.0 Å². The highest BCUT2D eigenvalue weighted by atomic mass is 15.1. The van der Waals surface area contributed by atoms with Gasteiger partial charge in [0.15, 0.2) is 0 Å². The summed E-state index contributed by atoms with van der Waals surface area (Å²) in [5.74, 6) is 0.833. The number of aromatic nitrogens is 3. The van der Waals surface area contributed by atoms with Crippen molar-refractivity contribution in [1.82, 2.24) is 14.5 Å². The van der Waals surface area contributed by atoms with E-state index in [1.54, 1.807) is 0 Å². The molecule has 3 aromatic heterocycles. The van der Waals surface area contributed by atoms with E-state index in [9.17, 15) is 5.26 Å². The van der Waals surface area contributed by atoms with Crippen molar-refractivity contribution in [1.29, 1.82) is 5.26 Å². The van der Waals surface area contributed by atoms with E-state index in [-0.39, 0.29) is 0 Å². The first kappa shape index (κ1) is 32.6. The largest absolute Gasteiger partial charge is 0.294 e. The van der Waals surface area contributed by atoms with Gasteiger partial charge in [-0.05, 0) is 121 Å². The van der Waals surface area contributed by atoms with Crippen LogP contribution in [0.2, 0.25) is 0 Å². The molecule has 0 saturated heterocycles. The Labute approximate surface area is 329 Å². The Bertz CT molecular complexity index is 3390. The molecule has 0 saturated carbocycles. The molecule has 0 amide bonds. The minimum atomic E-state index is 0.623. The number of fused-ring (bicyclic) bond motifs is 6. The molecular weight excluding hydrogens is 693 g/mol. The van der Waals surface area contributed by atoms with Crippen LogP contribution in [0.15, 0.2) is 194 Å². The van der Waals surface area contributed by atoms with Gasteiger partial charge >= 0.3 is 0 Å². The minimum Gasteiger partial charge on any atom is -0.294 e. The van der Waals surface area contributed by atoms with Gasteiger partial charge in [-0.1, -0.05) is 121 Å². The lowest BCUT2D eigenvalue weighted by molar-refractivity contribution is 1.08. The molecule has 4 nitrogen and oxygen atoms in total. The van der Waals surface area contributed by atoms with E-state index >= 15 is 0 Å². The zero-order valence-electron chi connectivity index (χ0n) is 30.8. The average molecular weight is 725 g/mol. The summed E-state index contributed by atoms with van der Waals surface area (Å²) in [6.07, 6.45) is 3.71. The molecule has 0 atom stereocenters. The third-order valence-electron chi connectivity index (χ3n) is 11.3. The highest BCUT2D eigenvalue weighted by Crippen LogP contribution is 2.48. The van der Waals surface area contributed by atoms with Crippen LogP contribution in [-0.2, 0) is 0 Å². The minimum absolute atomic E-state index is 0.623. The fourth-order valence-corrected chi connectivity index (χ4v) is 8.74. The summed E-state index contributed by atoms with van der Waals surface area (Å²) in [7, 11) is 0. The van der Waals surface area contributed by atoms with Gasteiger partial charge in [0.25, 0.3) is 0 Å². The van der Waals surface area contributed by atoms with Crippen molar-refractivity contribution in [3.05, 3.63) is 200 Å². The van der Waals surface area contributed by atoms with Gasteiger partial charge in [-0.2, -0.15) is 5.26 Å². The number of para-hydroxylation sites is 1. The number of benzene rings is 8. The fraction of sp³-hybridized carbons (Fsp3) is 0. The Morgan fingerprint density at radius 3 is 1.70 bits per heavy atom. The van der Waals surface area contributed by atoms with E-state index in [4.69, 9.17) is 9.97 Å². The van der Waals surface area contributed by atoms with E-state index < -0.39 is 0 Å². The second-order valence-electron chi connectivity index (χ2n) is 14.5. The SMILES string of the molecule is N#Cc1ccc2c(c1)c1cc(-c3c4cc(-c5ccccc5)ccc4c(-c4cccc5cccnc45)c4cc(-c5ccccc5)ccc34)ccc1n2-c1ccccn1. The lowest BCUT2D eigenvalue weighted by Crippen LogP contribution is -1.96. The number of pyridine rings is 2. The lowest BCUT2D eigenvalue weighted by Gasteiger charge is -2.20. The topological polar surface area (TPSA) is 54.5 Å². The molecule has 0 aliphatic rings. The van der Waals surface area contributed by atoms with E-state index in [1.165, 1.54) is 5.56 Å². The summed E-state index contributed by atoms with van der Waals surface area (Å²) >= 11 is 0. The molecule has 0 unspecified atom stereocenters. The summed E-state index contributed by atoms with van der Waals surface area (Å²) in [5, 5.41) is 17.8. The quantitative estimate of drug-likeness (QED) is 0.166. The summed E-state index contributed by atoms with van der Waals surface area (Å²) in [5.41, 5.74) is 12.8. The Morgan fingerprint density at radius 2 is 1.00 bits per heavy atom. The molecule has 0 radical (unpaired) electrons. The predicted octanol–water partition coefficient (Wildman–Crippen LogP) is 13.6. The average Bonchev–Trinajstić information content (AvgIpc) is 3.61. The number of nitrogens with zero attached hydrogens (tertiary/aromatic N) is 4. The third kappa shape index (κ3) is 5.29. The van der Waals surface area contributed by atoms with Gasteiger partial charge in [0.1, 0.15) is 5.82 Å². The molecule has 3 heterocycles. The first-order valence-electron chi connectivity index (χ1n) is 19.1. The van der Waals surface area contributed by atoms with Crippen molar-refractivity contribution in [2.45, 2.75) is 0 Å². The van der Waals surface area contributed by atoms with Crippen LogP contribution in [0.25, 0.3) is 105 Å². The molecule has 11 rings (SSSR count). The monoisotopic (exact) mass is 724 g/mol. The highest BCUT2D eigenvalue weighted by Gasteiger charge is 2.22. The van der Waals surface area contributed by atoms with Crippen molar-refractivity contribution >= 4 is 54.3 Å². The molecule has 0 fully saturated rings. The second-order valence-corrected chi connectivity index (χ2v) is 14.5. The molecular formula is C53H32N4. The van der Waals surface area contributed by atoms with Crippen molar-refractivity contribution in [2.75, 3.05) is 0 Å². The third-order valence-corrected chi connectivity index (χ3v) is 11.3. The Hall–Kier alpha value is -7.87. The smallest absolute Gasteiger partial charge is 0.137 e. The van der Waals surface area contributed by atoms with Crippen molar-refractivity contribution in [2.24, 2.45) is 0 Å². The van der Waals surface area contributed by atoms with Gasteiger partial charge < -0.3 is 0 Å².